The molecular weight excluding hydrogens is 1050 g/mol. The molecule has 0 bridgehead atoms. The summed E-state index contributed by atoms with van der Waals surface area (Å²) >= 11 is 0. The van der Waals surface area contributed by atoms with Crippen molar-refractivity contribution in [1.29, 1.82) is 0 Å². The van der Waals surface area contributed by atoms with Gasteiger partial charge >= 0.3 is 0 Å². The first-order valence-electron chi connectivity index (χ1n) is 30.0. The number of anilines is 6. The lowest BCUT2D eigenvalue weighted by atomic mass is 9.87. The molecule has 0 saturated carbocycles. The maximum atomic E-state index is 6.93. The smallest absolute Gasteiger partial charge is 0.137 e. The van der Waals surface area contributed by atoms with Crippen LogP contribution in [0.3, 0.4) is 0 Å². The van der Waals surface area contributed by atoms with E-state index in [4.69, 9.17) is 8.83 Å². The molecular formula is C80H64N4O2. The highest BCUT2D eigenvalue weighted by Gasteiger charge is 2.25. The van der Waals surface area contributed by atoms with E-state index < -0.39 is 0 Å². The van der Waals surface area contributed by atoms with Gasteiger partial charge in [-0.2, -0.15) is 0 Å². The Balaban J connectivity index is 0.794. The largest absolute Gasteiger partial charge is 0.456 e. The van der Waals surface area contributed by atoms with E-state index in [1.54, 1.807) is 0 Å². The third-order valence-electron chi connectivity index (χ3n) is 18.0. The minimum absolute atomic E-state index is 0.00680. The van der Waals surface area contributed by atoms with E-state index in [-0.39, 0.29) is 10.8 Å². The van der Waals surface area contributed by atoms with Crippen LogP contribution in [0.2, 0.25) is 0 Å². The fourth-order valence-corrected chi connectivity index (χ4v) is 13.5. The topological polar surface area (TPSA) is 42.6 Å². The van der Waals surface area contributed by atoms with E-state index in [2.05, 4.69) is 317 Å². The summed E-state index contributed by atoms with van der Waals surface area (Å²) in [6.45, 7) is 18.1. The van der Waals surface area contributed by atoms with Crippen LogP contribution in [-0.2, 0) is 10.8 Å². The quantitative estimate of drug-likeness (QED) is 0.152. The Labute approximate surface area is 500 Å². The van der Waals surface area contributed by atoms with E-state index in [9.17, 15) is 0 Å². The molecule has 16 rings (SSSR count). The van der Waals surface area contributed by atoms with Crippen molar-refractivity contribution < 1.29 is 8.83 Å². The van der Waals surface area contributed by atoms with Crippen LogP contribution in [0.4, 0.5) is 34.1 Å². The van der Waals surface area contributed by atoms with Gasteiger partial charge in [-0.1, -0.05) is 151 Å². The number of furan rings is 2. The van der Waals surface area contributed by atoms with Gasteiger partial charge in [0.15, 0.2) is 0 Å². The molecule has 0 radical (unpaired) electrons. The number of para-hydroxylation sites is 4. The van der Waals surface area contributed by atoms with Crippen molar-refractivity contribution in [1.82, 2.24) is 9.13 Å². The number of benzene rings is 12. The standard InChI is InChI=1S/C80H64N4O2/c1-49-19-9-13-27-69(49)81(57-31-35-63-61-25-11-15-29-71(61)83(73(63)45-57)55-23-17-21-53(43-55)79(3,4)5)59-33-37-65-67-39-51-42-76-68(40-52(51)41-75(67)85-77(65)47-59)66-38-34-60(48-78(66)86-76)82(70-28-14-10-20-50(70)2)58-32-36-64-62-26-12-16-30-72(62)84(74(64)46-58)56-24-18-22-54(44-56)80(6,7)8/h9-48H,1-8H3. The van der Waals surface area contributed by atoms with Crippen LogP contribution >= 0.6 is 0 Å². The highest BCUT2D eigenvalue weighted by Crippen LogP contribution is 2.46. The molecule has 0 spiro atoms. The number of nitrogens with zero attached hydrogens (tertiary/aromatic N) is 4. The zero-order valence-electron chi connectivity index (χ0n) is 49.7. The van der Waals surface area contributed by atoms with Crippen molar-refractivity contribution in [2.45, 2.75) is 66.2 Å². The van der Waals surface area contributed by atoms with Gasteiger partial charge in [-0.3, -0.25) is 0 Å². The van der Waals surface area contributed by atoms with E-state index in [1.165, 1.54) is 54.8 Å². The SMILES string of the molecule is Cc1ccccc1N(c1ccc2c(c1)oc1cc3cc4c(cc3cc12)oc1cc(N(c2ccc3c5ccccc5n(-c5cccc(C(C)(C)C)c5)c3c2)c2ccccc2C)ccc14)c1ccc2c3ccccc3n(-c3cccc(C(C)(C)C)c3)c2c1. The summed E-state index contributed by atoms with van der Waals surface area (Å²) in [6, 6.07) is 89.0. The Kier molecular flexibility index (Phi) is 11.4. The van der Waals surface area contributed by atoms with Gasteiger partial charge < -0.3 is 27.8 Å². The maximum Gasteiger partial charge on any atom is 0.137 e. The highest BCUT2D eigenvalue weighted by atomic mass is 16.3. The molecule has 0 amide bonds. The molecule has 4 heterocycles. The Morgan fingerprint density at radius 3 is 1.07 bits per heavy atom. The second-order valence-electron chi connectivity index (χ2n) is 25.6. The number of aryl methyl sites for hydroxylation is 2. The molecule has 86 heavy (non-hydrogen) atoms. The monoisotopic (exact) mass is 1110 g/mol. The van der Waals surface area contributed by atoms with E-state index in [0.717, 1.165) is 111 Å². The average molecular weight is 1110 g/mol. The summed E-state index contributed by atoms with van der Waals surface area (Å²) in [5.41, 5.74) is 21.7. The number of rotatable bonds is 8. The van der Waals surface area contributed by atoms with Crippen LogP contribution in [0.5, 0.6) is 0 Å². The van der Waals surface area contributed by atoms with Crippen LogP contribution in [-0.4, -0.2) is 9.13 Å². The van der Waals surface area contributed by atoms with E-state index in [1.807, 2.05) is 0 Å². The van der Waals surface area contributed by atoms with Gasteiger partial charge in [-0.15, -0.1) is 0 Å². The van der Waals surface area contributed by atoms with Crippen molar-refractivity contribution >= 4 is 132 Å². The van der Waals surface area contributed by atoms with Gasteiger partial charge in [0.25, 0.3) is 0 Å². The lowest BCUT2D eigenvalue weighted by Gasteiger charge is -2.27. The lowest BCUT2D eigenvalue weighted by Crippen LogP contribution is -2.12. The predicted octanol–water partition coefficient (Wildman–Crippen LogP) is 23.0. The average Bonchev–Trinajstić information content (AvgIpc) is 1.71. The Morgan fingerprint density at radius 2 is 0.651 bits per heavy atom. The molecule has 0 saturated heterocycles. The van der Waals surface area contributed by atoms with Crippen molar-refractivity contribution in [2.75, 3.05) is 9.80 Å². The lowest BCUT2D eigenvalue weighted by molar-refractivity contribution is 0.589. The van der Waals surface area contributed by atoms with Crippen LogP contribution in [0.25, 0.3) is 110 Å². The van der Waals surface area contributed by atoms with Gasteiger partial charge in [-0.25, -0.2) is 0 Å². The predicted molar refractivity (Wildman–Crippen MR) is 363 cm³/mol. The van der Waals surface area contributed by atoms with Crippen LogP contribution in [0, 0.1) is 13.8 Å². The molecule has 0 aliphatic rings. The molecule has 6 nitrogen and oxygen atoms in total. The normalized spacial score (nSPS) is 12.4. The molecule has 12 aromatic carbocycles. The summed E-state index contributed by atoms with van der Waals surface area (Å²) in [6.07, 6.45) is 0. The van der Waals surface area contributed by atoms with E-state index in [0.29, 0.717) is 0 Å². The Bertz CT molecular complexity index is 5100. The van der Waals surface area contributed by atoms with Gasteiger partial charge in [-0.05, 0) is 179 Å². The first-order valence-corrected chi connectivity index (χ1v) is 30.0. The first kappa shape index (κ1) is 51.3. The van der Waals surface area contributed by atoms with Crippen molar-refractivity contribution in [3.63, 3.8) is 0 Å². The summed E-state index contributed by atoms with van der Waals surface area (Å²) in [5, 5.41) is 11.3. The minimum atomic E-state index is 0.00680. The molecule has 0 fully saturated rings. The number of fused-ring (bicyclic) bond motifs is 13. The maximum absolute atomic E-state index is 6.93. The summed E-state index contributed by atoms with van der Waals surface area (Å²) in [7, 11) is 0. The van der Waals surface area contributed by atoms with Crippen molar-refractivity contribution in [3.8, 4) is 11.4 Å². The third kappa shape index (κ3) is 8.22. The van der Waals surface area contributed by atoms with Crippen LogP contribution < -0.4 is 9.80 Å². The van der Waals surface area contributed by atoms with Gasteiger partial charge in [0.2, 0.25) is 0 Å². The Hall–Kier alpha value is -10.3. The zero-order valence-corrected chi connectivity index (χ0v) is 49.7. The summed E-state index contributed by atoms with van der Waals surface area (Å²) < 4.78 is 18.7. The molecule has 416 valence electrons. The van der Waals surface area contributed by atoms with Crippen LogP contribution in [0.1, 0.15) is 63.8 Å². The highest BCUT2D eigenvalue weighted by molar-refractivity contribution is 6.17. The number of hydrogen-bond donors (Lipinski definition) is 0. The zero-order chi connectivity index (χ0) is 58.3. The molecule has 0 aliphatic carbocycles. The molecule has 0 N–H and O–H groups in total. The summed E-state index contributed by atoms with van der Waals surface area (Å²) in [4.78, 5) is 4.76. The van der Waals surface area contributed by atoms with E-state index >= 15 is 0 Å². The molecule has 0 unspecified atom stereocenters. The van der Waals surface area contributed by atoms with Crippen LogP contribution in [0.15, 0.2) is 251 Å². The Morgan fingerprint density at radius 1 is 0.291 bits per heavy atom. The fraction of sp³-hybridized carbons (Fsp3) is 0.125. The number of hydrogen-bond acceptors (Lipinski definition) is 4. The fourth-order valence-electron chi connectivity index (χ4n) is 13.5. The van der Waals surface area contributed by atoms with Gasteiger partial charge in [0.05, 0.1) is 22.1 Å². The van der Waals surface area contributed by atoms with Gasteiger partial charge in [0.1, 0.15) is 22.3 Å². The first-order chi connectivity index (χ1) is 41.7. The van der Waals surface area contributed by atoms with Crippen molar-refractivity contribution in [3.05, 3.63) is 265 Å². The van der Waals surface area contributed by atoms with Crippen molar-refractivity contribution in [2.24, 2.45) is 0 Å². The third-order valence-corrected chi connectivity index (χ3v) is 18.0. The molecule has 16 aromatic rings. The molecule has 0 aliphatic heterocycles. The second-order valence-corrected chi connectivity index (χ2v) is 25.6. The molecule has 4 aromatic heterocycles. The summed E-state index contributed by atoms with van der Waals surface area (Å²) in [5.74, 6) is 0. The second kappa shape index (κ2) is 19.1. The minimum Gasteiger partial charge on any atom is -0.456 e. The number of aromatic nitrogens is 2. The molecule has 6 heteroatoms. The molecule has 0 atom stereocenters. The van der Waals surface area contributed by atoms with Gasteiger partial charge in [0, 0.05) is 101 Å².